The molecule has 2 heterocycles. The van der Waals surface area contributed by atoms with Gasteiger partial charge in [0.15, 0.2) is 0 Å². The first-order chi connectivity index (χ1) is 12.7. The molecule has 0 aliphatic carbocycles. The Labute approximate surface area is 158 Å². The maximum atomic E-state index is 12.8. The van der Waals surface area contributed by atoms with Crippen molar-refractivity contribution >= 4 is 28.6 Å². The van der Waals surface area contributed by atoms with Gasteiger partial charge in [-0.3, -0.25) is 4.79 Å². The van der Waals surface area contributed by atoms with Gasteiger partial charge in [0.05, 0.1) is 6.04 Å². The molecule has 0 radical (unpaired) electrons. The summed E-state index contributed by atoms with van der Waals surface area (Å²) in [6.45, 7) is 2.85. The highest BCUT2D eigenvalue weighted by molar-refractivity contribution is 7.98. The summed E-state index contributed by atoms with van der Waals surface area (Å²) in [7, 11) is 0. The van der Waals surface area contributed by atoms with E-state index in [1.54, 1.807) is 11.8 Å². The third kappa shape index (κ3) is 2.92. The van der Waals surface area contributed by atoms with E-state index in [0.29, 0.717) is 6.42 Å². The molecular weight excluding hydrogens is 340 g/mol. The first kappa shape index (κ1) is 17.2. The van der Waals surface area contributed by atoms with E-state index in [2.05, 4.69) is 71.6 Å². The number of carbonyl (C=O) groups excluding carboxylic acids is 1. The summed E-state index contributed by atoms with van der Waals surface area (Å²) in [6.07, 6.45) is 4.48. The van der Waals surface area contributed by atoms with Gasteiger partial charge in [0.25, 0.3) is 0 Å². The largest absolute Gasteiger partial charge is 0.356 e. The predicted molar refractivity (Wildman–Crippen MR) is 109 cm³/mol. The molecule has 0 unspecified atom stereocenters. The number of aromatic nitrogens is 1. The van der Waals surface area contributed by atoms with E-state index >= 15 is 0 Å². The van der Waals surface area contributed by atoms with Crippen LogP contribution in [0.3, 0.4) is 0 Å². The zero-order chi connectivity index (χ0) is 18.1. The molecule has 1 aliphatic heterocycles. The van der Waals surface area contributed by atoms with Crippen molar-refractivity contribution in [2.24, 2.45) is 0 Å². The van der Waals surface area contributed by atoms with Crippen LogP contribution in [0, 0.1) is 0 Å². The maximum Gasteiger partial charge on any atom is 0.223 e. The minimum absolute atomic E-state index is 0.0268. The molecule has 0 saturated heterocycles. The Bertz CT molecular complexity index is 929. The van der Waals surface area contributed by atoms with Crippen molar-refractivity contribution in [1.29, 1.82) is 0 Å². The highest BCUT2D eigenvalue weighted by Crippen LogP contribution is 2.39. The zero-order valence-corrected chi connectivity index (χ0v) is 16.1. The van der Waals surface area contributed by atoms with E-state index in [4.69, 9.17) is 0 Å². The normalized spacial score (nSPS) is 16.7. The lowest BCUT2D eigenvalue weighted by molar-refractivity contribution is -0.133. The van der Waals surface area contributed by atoms with Crippen molar-refractivity contribution in [2.75, 3.05) is 12.8 Å². The Morgan fingerprint density at radius 2 is 1.96 bits per heavy atom. The van der Waals surface area contributed by atoms with Crippen LogP contribution in [0.2, 0.25) is 0 Å². The number of H-pyrrole nitrogens is 1. The highest BCUT2D eigenvalue weighted by Gasteiger charge is 2.33. The Morgan fingerprint density at radius 1 is 1.19 bits per heavy atom. The van der Waals surface area contributed by atoms with Crippen LogP contribution in [0.15, 0.2) is 53.4 Å². The van der Waals surface area contributed by atoms with Gasteiger partial charge in [-0.25, -0.2) is 0 Å². The van der Waals surface area contributed by atoms with E-state index in [1.165, 1.54) is 27.1 Å². The second-order valence-electron chi connectivity index (χ2n) is 6.83. The number of aromatic amines is 1. The zero-order valence-electron chi connectivity index (χ0n) is 15.3. The number of amides is 1. The predicted octanol–water partition coefficient (Wildman–Crippen LogP) is 5.16. The summed E-state index contributed by atoms with van der Waals surface area (Å²) < 4.78 is 0. The summed E-state index contributed by atoms with van der Waals surface area (Å²) in [5.41, 5.74) is 4.88. The summed E-state index contributed by atoms with van der Waals surface area (Å²) in [6, 6.07) is 17.1. The fraction of sp³-hybridized carbons (Fsp3) is 0.318. The molecule has 3 nitrogen and oxygen atoms in total. The van der Waals surface area contributed by atoms with Crippen molar-refractivity contribution in [3.63, 3.8) is 0 Å². The first-order valence-corrected chi connectivity index (χ1v) is 10.5. The lowest BCUT2D eigenvalue weighted by atomic mass is 9.92. The van der Waals surface area contributed by atoms with Crippen molar-refractivity contribution in [3.8, 4) is 0 Å². The van der Waals surface area contributed by atoms with Gasteiger partial charge in [-0.1, -0.05) is 37.3 Å². The Hall–Kier alpha value is -2.20. The van der Waals surface area contributed by atoms with Gasteiger partial charge in [0.2, 0.25) is 5.91 Å². The van der Waals surface area contributed by atoms with Crippen LogP contribution >= 0.6 is 11.8 Å². The van der Waals surface area contributed by atoms with Gasteiger partial charge in [-0.2, -0.15) is 0 Å². The number of hydrogen-bond donors (Lipinski definition) is 1. The molecule has 2 aromatic carbocycles. The molecule has 1 atom stereocenters. The van der Waals surface area contributed by atoms with E-state index < -0.39 is 0 Å². The lowest BCUT2D eigenvalue weighted by Crippen LogP contribution is -2.40. The minimum atomic E-state index is -0.0268. The number of fused-ring (bicyclic) bond motifs is 3. The number of nitrogens with zero attached hydrogens (tertiary/aromatic N) is 1. The van der Waals surface area contributed by atoms with Gasteiger partial charge < -0.3 is 9.88 Å². The van der Waals surface area contributed by atoms with Gasteiger partial charge >= 0.3 is 0 Å². The fourth-order valence-electron chi connectivity index (χ4n) is 4.00. The number of rotatable bonds is 4. The highest BCUT2D eigenvalue weighted by atomic mass is 32.2. The molecular formula is C22H24N2OS. The number of hydrogen-bond acceptors (Lipinski definition) is 2. The molecule has 1 aliphatic rings. The molecule has 3 aromatic rings. The number of carbonyl (C=O) groups is 1. The third-order valence-corrected chi connectivity index (χ3v) is 5.99. The van der Waals surface area contributed by atoms with Crippen molar-refractivity contribution in [1.82, 2.24) is 9.88 Å². The fourth-order valence-corrected chi connectivity index (χ4v) is 4.41. The molecule has 1 amide bonds. The molecule has 0 spiro atoms. The molecule has 4 heteroatoms. The van der Waals surface area contributed by atoms with Crippen molar-refractivity contribution < 1.29 is 4.79 Å². The van der Waals surface area contributed by atoms with Gasteiger partial charge in [0, 0.05) is 34.5 Å². The van der Waals surface area contributed by atoms with Gasteiger partial charge in [-0.15, -0.1) is 11.8 Å². The molecule has 0 fully saturated rings. The first-order valence-electron chi connectivity index (χ1n) is 9.25. The molecule has 1 N–H and O–H groups in total. The third-order valence-electron chi connectivity index (χ3n) is 5.25. The Morgan fingerprint density at radius 3 is 2.69 bits per heavy atom. The van der Waals surface area contributed by atoms with Gasteiger partial charge in [-0.05, 0) is 48.4 Å². The standard InChI is InChI=1S/C22H24N2OS/c1-3-6-20(25)24-14-13-18-17-7-4-5-8-19(17)23-21(18)22(24)15-9-11-16(26-2)12-10-15/h4-5,7-12,22-23H,3,6,13-14H2,1-2H3/t22-/m1/s1. The van der Waals surface area contributed by atoms with Crippen LogP contribution in [0.5, 0.6) is 0 Å². The molecule has 4 rings (SSSR count). The summed E-state index contributed by atoms with van der Waals surface area (Å²) in [5.74, 6) is 0.246. The molecule has 134 valence electrons. The summed E-state index contributed by atoms with van der Waals surface area (Å²) in [5, 5.41) is 1.29. The number of para-hydroxylation sites is 1. The molecule has 0 saturated carbocycles. The summed E-state index contributed by atoms with van der Waals surface area (Å²) >= 11 is 1.74. The van der Waals surface area contributed by atoms with Crippen LogP contribution < -0.4 is 0 Å². The molecule has 1 aromatic heterocycles. The summed E-state index contributed by atoms with van der Waals surface area (Å²) in [4.78, 5) is 19.8. The molecule has 26 heavy (non-hydrogen) atoms. The Balaban J connectivity index is 1.84. The number of benzene rings is 2. The van der Waals surface area contributed by atoms with Crippen LogP contribution in [-0.2, 0) is 11.2 Å². The maximum absolute atomic E-state index is 12.8. The van der Waals surface area contributed by atoms with E-state index in [1.807, 2.05) is 0 Å². The second-order valence-corrected chi connectivity index (χ2v) is 7.71. The minimum Gasteiger partial charge on any atom is -0.356 e. The van der Waals surface area contributed by atoms with Crippen molar-refractivity contribution in [3.05, 3.63) is 65.4 Å². The lowest BCUT2D eigenvalue weighted by Gasteiger charge is -2.36. The van der Waals surface area contributed by atoms with E-state index in [0.717, 1.165) is 24.9 Å². The second kappa shape index (κ2) is 7.20. The van der Waals surface area contributed by atoms with E-state index in [-0.39, 0.29) is 11.9 Å². The van der Waals surface area contributed by atoms with Gasteiger partial charge in [0.1, 0.15) is 0 Å². The van der Waals surface area contributed by atoms with Crippen molar-refractivity contribution in [2.45, 2.75) is 37.1 Å². The smallest absolute Gasteiger partial charge is 0.223 e. The quantitative estimate of drug-likeness (QED) is 0.649. The van der Waals surface area contributed by atoms with Crippen LogP contribution in [0.1, 0.15) is 42.6 Å². The monoisotopic (exact) mass is 364 g/mol. The number of nitrogens with one attached hydrogen (secondary N) is 1. The molecule has 0 bridgehead atoms. The van der Waals surface area contributed by atoms with Crippen LogP contribution in [0.4, 0.5) is 0 Å². The average molecular weight is 365 g/mol. The van der Waals surface area contributed by atoms with Crippen LogP contribution in [0.25, 0.3) is 10.9 Å². The average Bonchev–Trinajstić information content (AvgIpc) is 3.06. The SMILES string of the molecule is CCCC(=O)N1CCc2c([nH]c3ccccc23)[C@H]1c1ccc(SC)cc1. The topological polar surface area (TPSA) is 36.1 Å². The Kier molecular flexibility index (Phi) is 4.77. The van der Waals surface area contributed by atoms with Crippen LogP contribution in [-0.4, -0.2) is 28.6 Å². The van der Waals surface area contributed by atoms with E-state index in [9.17, 15) is 4.79 Å². The number of thioether (sulfide) groups is 1.